The summed E-state index contributed by atoms with van der Waals surface area (Å²) in [5.41, 5.74) is 0. The zero-order valence-electron chi connectivity index (χ0n) is 7.51. The molecule has 0 bridgehead atoms. The van der Waals surface area contributed by atoms with E-state index in [4.69, 9.17) is 5.14 Å². The lowest BCUT2D eigenvalue weighted by molar-refractivity contribution is 0.580. The Morgan fingerprint density at radius 3 is 2.43 bits per heavy atom. The van der Waals surface area contributed by atoms with Crippen LogP contribution in [0.25, 0.3) is 0 Å². The first-order valence-corrected chi connectivity index (χ1v) is 5.48. The topological polar surface area (TPSA) is 85.9 Å². The Hall–Kier alpha value is -1.08. The lowest BCUT2D eigenvalue weighted by atomic mass is 10.3. The minimum Gasteiger partial charge on any atom is -0.238 e. The monoisotopic (exact) mass is 219 g/mol. The standard InChI is InChI=1S/C7H10FN3O2S/c1-5(14(9,12)13)2-7-10-3-6(8)4-11-7/h3-5H,2H2,1H3,(H2,9,12,13)/t5-/m0/s1. The molecule has 7 heteroatoms. The van der Waals surface area contributed by atoms with Crippen molar-refractivity contribution in [2.45, 2.75) is 18.6 Å². The van der Waals surface area contributed by atoms with Crippen LogP contribution in [0, 0.1) is 5.82 Å². The van der Waals surface area contributed by atoms with Gasteiger partial charge in [-0.2, -0.15) is 0 Å². The lowest BCUT2D eigenvalue weighted by Gasteiger charge is -2.06. The summed E-state index contributed by atoms with van der Waals surface area (Å²) in [5, 5.41) is 4.13. The number of nitrogens with zero attached hydrogens (tertiary/aromatic N) is 2. The van der Waals surface area contributed by atoms with Gasteiger partial charge < -0.3 is 0 Å². The zero-order chi connectivity index (χ0) is 10.8. The van der Waals surface area contributed by atoms with Crippen LogP contribution in [0.5, 0.6) is 0 Å². The molecule has 0 unspecified atom stereocenters. The lowest BCUT2D eigenvalue weighted by Crippen LogP contribution is -2.28. The summed E-state index contributed by atoms with van der Waals surface area (Å²) in [6, 6.07) is 0. The summed E-state index contributed by atoms with van der Waals surface area (Å²) >= 11 is 0. The molecule has 1 rings (SSSR count). The van der Waals surface area contributed by atoms with E-state index in [1.54, 1.807) is 0 Å². The van der Waals surface area contributed by atoms with Gasteiger partial charge in [-0.3, -0.25) is 0 Å². The van der Waals surface area contributed by atoms with Crippen LogP contribution in [0.2, 0.25) is 0 Å². The third kappa shape index (κ3) is 3.00. The summed E-state index contributed by atoms with van der Waals surface area (Å²) in [6.45, 7) is 1.45. The molecule has 0 amide bonds. The van der Waals surface area contributed by atoms with Crippen LogP contribution in [0.1, 0.15) is 12.7 Å². The van der Waals surface area contributed by atoms with Crippen molar-refractivity contribution < 1.29 is 12.8 Å². The van der Waals surface area contributed by atoms with Gasteiger partial charge in [0.1, 0.15) is 5.82 Å². The van der Waals surface area contributed by atoms with Crippen LogP contribution >= 0.6 is 0 Å². The molecule has 1 aromatic rings. The van der Waals surface area contributed by atoms with Crippen molar-refractivity contribution in [1.82, 2.24) is 9.97 Å². The van der Waals surface area contributed by atoms with Gasteiger partial charge in [-0.05, 0) is 6.92 Å². The molecule has 14 heavy (non-hydrogen) atoms. The summed E-state index contributed by atoms with van der Waals surface area (Å²) in [6.07, 6.45) is 2.05. The van der Waals surface area contributed by atoms with Crippen LogP contribution in [0.4, 0.5) is 4.39 Å². The molecule has 0 saturated heterocycles. The molecule has 0 aliphatic heterocycles. The molecule has 1 heterocycles. The molecule has 0 fully saturated rings. The first-order valence-electron chi connectivity index (χ1n) is 3.87. The molecule has 1 aromatic heterocycles. The van der Waals surface area contributed by atoms with Crippen LogP contribution in [-0.2, 0) is 16.4 Å². The Labute approximate surface area is 81.2 Å². The third-order valence-electron chi connectivity index (χ3n) is 1.70. The average Bonchev–Trinajstić information content (AvgIpc) is 2.07. The van der Waals surface area contributed by atoms with Crippen molar-refractivity contribution in [1.29, 1.82) is 0 Å². The second kappa shape index (κ2) is 3.97. The van der Waals surface area contributed by atoms with Crippen LogP contribution in [-0.4, -0.2) is 23.6 Å². The predicted octanol–water partition coefficient (Wildman–Crippen LogP) is -0.165. The Balaban J connectivity index is 2.75. The summed E-state index contributed by atoms with van der Waals surface area (Å²) in [7, 11) is -3.58. The van der Waals surface area contributed by atoms with E-state index < -0.39 is 21.1 Å². The SMILES string of the molecule is C[C@@H](Cc1ncc(F)cn1)S(N)(=O)=O. The highest BCUT2D eigenvalue weighted by Crippen LogP contribution is 2.03. The predicted molar refractivity (Wildman–Crippen MR) is 48.3 cm³/mol. The maximum Gasteiger partial charge on any atom is 0.212 e. The van der Waals surface area contributed by atoms with Crippen molar-refractivity contribution in [3.8, 4) is 0 Å². The second-order valence-electron chi connectivity index (χ2n) is 2.92. The van der Waals surface area contributed by atoms with Gasteiger partial charge >= 0.3 is 0 Å². The number of sulfonamides is 1. The Morgan fingerprint density at radius 2 is 2.00 bits per heavy atom. The van der Waals surface area contributed by atoms with Gasteiger partial charge in [0.15, 0.2) is 5.82 Å². The van der Waals surface area contributed by atoms with E-state index in [2.05, 4.69) is 9.97 Å². The summed E-state index contributed by atoms with van der Waals surface area (Å²) < 4.78 is 34.1. The van der Waals surface area contributed by atoms with E-state index in [0.29, 0.717) is 0 Å². The van der Waals surface area contributed by atoms with Crippen molar-refractivity contribution in [2.75, 3.05) is 0 Å². The molecule has 0 aliphatic rings. The van der Waals surface area contributed by atoms with Gasteiger partial charge in [0.05, 0.1) is 17.6 Å². The highest BCUT2D eigenvalue weighted by molar-refractivity contribution is 7.89. The molecule has 0 radical (unpaired) electrons. The van der Waals surface area contributed by atoms with Crippen molar-refractivity contribution in [3.63, 3.8) is 0 Å². The highest BCUT2D eigenvalue weighted by Gasteiger charge is 2.17. The minimum atomic E-state index is -3.58. The number of rotatable bonds is 3. The second-order valence-corrected chi connectivity index (χ2v) is 4.90. The molecule has 0 aliphatic carbocycles. The zero-order valence-corrected chi connectivity index (χ0v) is 8.33. The fourth-order valence-electron chi connectivity index (χ4n) is 0.818. The Morgan fingerprint density at radius 1 is 1.50 bits per heavy atom. The molecule has 78 valence electrons. The molecule has 0 aromatic carbocycles. The van der Waals surface area contributed by atoms with E-state index in [9.17, 15) is 12.8 Å². The van der Waals surface area contributed by atoms with Gasteiger partial charge in [0, 0.05) is 6.42 Å². The smallest absolute Gasteiger partial charge is 0.212 e. The Kier molecular flexibility index (Phi) is 3.12. The average molecular weight is 219 g/mol. The minimum absolute atomic E-state index is 0.0825. The molecule has 1 atom stereocenters. The number of aromatic nitrogens is 2. The van der Waals surface area contributed by atoms with Crippen LogP contribution in [0.3, 0.4) is 0 Å². The van der Waals surface area contributed by atoms with Crippen molar-refractivity contribution in [3.05, 3.63) is 24.0 Å². The van der Waals surface area contributed by atoms with Gasteiger partial charge in [-0.1, -0.05) is 0 Å². The number of hydrogen-bond donors (Lipinski definition) is 1. The fourth-order valence-corrected chi connectivity index (χ4v) is 1.20. The van der Waals surface area contributed by atoms with Gasteiger partial charge in [0.25, 0.3) is 0 Å². The third-order valence-corrected chi connectivity index (χ3v) is 2.99. The maximum absolute atomic E-state index is 12.4. The van der Waals surface area contributed by atoms with Crippen LogP contribution in [0.15, 0.2) is 12.4 Å². The number of hydrogen-bond acceptors (Lipinski definition) is 4. The summed E-state index contributed by atoms with van der Waals surface area (Å²) in [5.74, 6) is -0.301. The van der Waals surface area contributed by atoms with E-state index in [0.717, 1.165) is 12.4 Å². The largest absolute Gasteiger partial charge is 0.238 e. The van der Waals surface area contributed by atoms with Gasteiger partial charge in [-0.25, -0.2) is 27.9 Å². The molecule has 0 saturated carbocycles. The fraction of sp³-hybridized carbons (Fsp3) is 0.429. The summed E-state index contributed by atoms with van der Waals surface area (Å²) in [4.78, 5) is 7.25. The number of halogens is 1. The van der Waals surface area contributed by atoms with E-state index in [1.807, 2.05) is 0 Å². The molecular weight excluding hydrogens is 209 g/mol. The van der Waals surface area contributed by atoms with Crippen molar-refractivity contribution in [2.24, 2.45) is 5.14 Å². The van der Waals surface area contributed by atoms with Crippen LogP contribution < -0.4 is 5.14 Å². The highest BCUT2D eigenvalue weighted by atomic mass is 32.2. The Bertz CT molecular complexity index is 403. The molecular formula is C7H10FN3O2S. The van der Waals surface area contributed by atoms with E-state index >= 15 is 0 Å². The van der Waals surface area contributed by atoms with Gasteiger partial charge in [0.2, 0.25) is 10.0 Å². The number of primary sulfonamides is 1. The van der Waals surface area contributed by atoms with E-state index in [-0.39, 0.29) is 12.2 Å². The normalized spacial score (nSPS) is 13.9. The molecule has 2 N–H and O–H groups in total. The number of nitrogens with two attached hydrogens (primary N) is 1. The van der Waals surface area contributed by atoms with Crippen molar-refractivity contribution >= 4 is 10.0 Å². The van der Waals surface area contributed by atoms with E-state index in [1.165, 1.54) is 6.92 Å². The first-order chi connectivity index (χ1) is 6.39. The molecule has 5 nitrogen and oxygen atoms in total. The first kappa shape index (κ1) is 11.0. The quantitative estimate of drug-likeness (QED) is 0.765. The van der Waals surface area contributed by atoms with Gasteiger partial charge in [-0.15, -0.1) is 0 Å². The maximum atomic E-state index is 12.4. The molecule has 0 spiro atoms.